The van der Waals surface area contributed by atoms with Crippen molar-refractivity contribution in [3.8, 4) is 0 Å². The van der Waals surface area contributed by atoms with Crippen molar-refractivity contribution in [3.05, 3.63) is 23.8 Å². The lowest BCUT2D eigenvalue weighted by atomic mass is 9.70. The molecule has 0 aliphatic heterocycles. The molecule has 1 saturated carbocycles. The maximum absolute atomic E-state index is 12.2. The Morgan fingerprint density at radius 2 is 2.10 bits per heavy atom. The molecule has 1 fully saturated rings. The third kappa shape index (κ3) is 3.53. The minimum Gasteiger partial charge on any atom is -0.303 e. The molecule has 20 heavy (non-hydrogen) atoms. The maximum Gasteiger partial charge on any atom is 0.145 e. The van der Waals surface area contributed by atoms with Crippen LogP contribution in [-0.2, 0) is 14.4 Å². The van der Waals surface area contributed by atoms with Crippen LogP contribution in [0.3, 0.4) is 0 Å². The van der Waals surface area contributed by atoms with Crippen LogP contribution in [0.1, 0.15) is 52.4 Å². The van der Waals surface area contributed by atoms with Gasteiger partial charge in [0.1, 0.15) is 18.4 Å². The van der Waals surface area contributed by atoms with Gasteiger partial charge in [0.05, 0.1) is 0 Å². The van der Waals surface area contributed by atoms with Crippen LogP contribution in [0, 0.1) is 11.3 Å². The third-order valence-corrected chi connectivity index (χ3v) is 4.58. The molecule has 1 aliphatic carbocycles. The summed E-state index contributed by atoms with van der Waals surface area (Å²) in [6.45, 7) is 7.81. The highest BCUT2D eigenvalue weighted by Crippen LogP contribution is 2.48. The van der Waals surface area contributed by atoms with Gasteiger partial charge in [0.2, 0.25) is 0 Å². The van der Waals surface area contributed by atoms with Gasteiger partial charge in [-0.3, -0.25) is 9.59 Å². The van der Waals surface area contributed by atoms with Crippen LogP contribution in [0.4, 0.5) is 0 Å². The van der Waals surface area contributed by atoms with E-state index in [0.717, 1.165) is 43.0 Å². The number of Topliss-reactive ketones (excluding diaryl/α,β-unsaturated/α-hetero) is 1. The summed E-state index contributed by atoms with van der Waals surface area (Å²) in [6, 6.07) is 0. The van der Waals surface area contributed by atoms with Crippen molar-refractivity contribution in [2.45, 2.75) is 52.4 Å². The van der Waals surface area contributed by atoms with Gasteiger partial charge in [-0.1, -0.05) is 18.2 Å². The van der Waals surface area contributed by atoms with Gasteiger partial charge in [-0.05, 0) is 51.0 Å². The van der Waals surface area contributed by atoms with Crippen molar-refractivity contribution in [2.24, 2.45) is 11.3 Å². The highest BCUT2D eigenvalue weighted by atomic mass is 16.1. The van der Waals surface area contributed by atoms with E-state index in [1.54, 1.807) is 6.92 Å². The van der Waals surface area contributed by atoms with Crippen LogP contribution in [0.15, 0.2) is 23.8 Å². The largest absolute Gasteiger partial charge is 0.303 e. The molecule has 1 rings (SSSR count). The molecular formula is C17H24O3. The van der Waals surface area contributed by atoms with E-state index in [1.165, 1.54) is 0 Å². The van der Waals surface area contributed by atoms with Gasteiger partial charge in [0.25, 0.3) is 0 Å². The molecule has 0 radical (unpaired) electrons. The fourth-order valence-electron chi connectivity index (χ4n) is 3.05. The van der Waals surface area contributed by atoms with Crippen LogP contribution in [-0.4, -0.2) is 18.4 Å². The molecule has 0 aromatic carbocycles. The van der Waals surface area contributed by atoms with E-state index in [0.29, 0.717) is 19.3 Å². The quantitative estimate of drug-likeness (QED) is 0.388. The van der Waals surface area contributed by atoms with Crippen LogP contribution in [0.25, 0.3) is 0 Å². The summed E-state index contributed by atoms with van der Waals surface area (Å²) >= 11 is 0. The summed E-state index contributed by atoms with van der Waals surface area (Å²) in [5.74, 6) is 0.513. The first-order valence-electron chi connectivity index (χ1n) is 7.24. The topological polar surface area (TPSA) is 51.2 Å². The zero-order chi connectivity index (χ0) is 15.2. The molecule has 0 aromatic rings. The van der Waals surface area contributed by atoms with E-state index in [2.05, 4.69) is 6.58 Å². The zero-order valence-corrected chi connectivity index (χ0v) is 12.5. The number of carbonyl (C=O) groups excluding carboxylic acids is 3. The van der Waals surface area contributed by atoms with Crippen LogP contribution >= 0.6 is 0 Å². The monoisotopic (exact) mass is 276 g/mol. The van der Waals surface area contributed by atoms with E-state index >= 15 is 0 Å². The Morgan fingerprint density at radius 1 is 1.40 bits per heavy atom. The number of aldehydes is 2. The second kappa shape index (κ2) is 7.32. The lowest BCUT2D eigenvalue weighted by Gasteiger charge is -2.32. The van der Waals surface area contributed by atoms with Crippen molar-refractivity contribution >= 4 is 18.4 Å². The molecule has 2 atom stereocenters. The van der Waals surface area contributed by atoms with Gasteiger partial charge < -0.3 is 4.79 Å². The highest BCUT2D eigenvalue weighted by Gasteiger charge is 2.46. The average Bonchev–Trinajstić information content (AvgIpc) is 2.73. The average molecular weight is 276 g/mol. The smallest absolute Gasteiger partial charge is 0.145 e. The summed E-state index contributed by atoms with van der Waals surface area (Å²) in [5, 5.41) is 0. The highest BCUT2D eigenvalue weighted by molar-refractivity contribution is 5.90. The Morgan fingerprint density at radius 3 is 2.70 bits per heavy atom. The lowest BCUT2D eigenvalue weighted by molar-refractivity contribution is -0.124. The number of carbonyl (C=O) groups is 3. The van der Waals surface area contributed by atoms with Crippen LogP contribution in [0.2, 0.25) is 0 Å². The first kappa shape index (κ1) is 16.5. The Bertz CT molecular complexity index is 434. The molecule has 0 bridgehead atoms. The van der Waals surface area contributed by atoms with Crippen molar-refractivity contribution in [3.63, 3.8) is 0 Å². The van der Waals surface area contributed by atoms with Gasteiger partial charge in [-0.15, -0.1) is 0 Å². The summed E-state index contributed by atoms with van der Waals surface area (Å²) < 4.78 is 0. The number of allylic oxidation sites excluding steroid dienone is 3. The SMILES string of the molecule is C=C(CCC=O)C1(C)C(=O)CCC1CC/C=C(\C)C=O. The van der Waals surface area contributed by atoms with E-state index in [4.69, 9.17) is 0 Å². The second-order valence-corrected chi connectivity index (χ2v) is 5.81. The van der Waals surface area contributed by atoms with Crippen molar-refractivity contribution in [1.29, 1.82) is 0 Å². The molecule has 2 unspecified atom stereocenters. The third-order valence-electron chi connectivity index (χ3n) is 4.58. The molecule has 3 nitrogen and oxygen atoms in total. The molecule has 0 saturated heterocycles. The van der Waals surface area contributed by atoms with Crippen molar-refractivity contribution in [1.82, 2.24) is 0 Å². The van der Waals surface area contributed by atoms with Crippen LogP contribution < -0.4 is 0 Å². The first-order chi connectivity index (χ1) is 9.46. The Labute approximate surface area is 121 Å². The number of rotatable bonds is 8. The predicted octanol–water partition coefficient (Wildman–Crippen LogP) is 3.43. The van der Waals surface area contributed by atoms with E-state index in [-0.39, 0.29) is 11.7 Å². The summed E-state index contributed by atoms with van der Waals surface area (Å²) in [4.78, 5) is 33.3. The molecule has 0 aromatic heterocycles. The Hall–Kier alpha value is -1.51. The van der Waals surface area contributed by atoms with Gasteiger partial charge >= 0.3 is 0 Å². The van der Waals surface area contributed by atoms with E-state index < -0.39 is 5.41 Å². The minimum atomic E-state index is -0.494. The molecule has 0 spiro atoms. The maximum atomic E-state index is 12.2. The van der Waals surface area contributed by atoms with Crippen LogP contribution in [0.5, 0.6) is 0 Å². The van der Waals surface area contributed by atoms with E-state index in [1.807, 2.05) is 13.0 Å². The molecule has 0 N–H and O–H groups in total. The Balaban J connectivity index is 2.74. The van der Waals surface area contributed by atoms with Gasteiger partial charge in [-0.25, -0.2) is 0 Å². The molecular weight excluding hydrogens is 252 g/mol. The van der Waals surface area contributed by atoms with E-state index in [9.17, 15) is 14.4 Å². The summed E-state index contributed by atoms with van der Waals surface area (Å²) in [7, 11) is 0. The Kier molecular flexibility index (Phi) is 6.05. The zero-order valence-electron chi connectivity index (χ0n) is 12.5. The van der Waals surface area contributed by atoms with Gasteiger partial charge in [-0.2, -0.15) is 0 Å². The molecule has 3 heteroatoms. The first-order valence-corrected chi connectivity index (χ1v) is 7.24. The summed E-state index contributed by atoms with van der Waals surface area (Å²) in [5.41, 5.74) is 1.12. The molecule has 1 aliphatic rings. The number of hydrogen-bond acceptors (Lipinski definition) is 3. The minimum absolute atomic E-state index is 0.245. The number of hydrogen-bond donors (Lipinski definition) is 0. The molecule has 0 heterocycles. The normalized spacial score (nSPS) is 26.6. The van der Waals surface area contributed by atoms with Crippen molar-refractivity contribution in [2.75, 3.05) is 0 Å². The molecule has 110 valence electrons. The lowest BCUT2D eigenvalue weighted by Crippen LogP contribution is -2.31. The van der Waals surface area contributed by atoms with Crippen molar-refractivity contribution < 1.29 is 14.4 Å². The summed E-state index contributed by atoms with van der Waals surface area (Å²) in [6.07, 6.45) is 7.82. The molecule has 0 amide bonds. The predicted molar refractivity (Wildman–Crippen MR) is 79.3 cm³/mol. The second-order valence-electron chi connectivity index (χ2n) is 5.81. The fourth-order valence-corrected chi connectivity index (χ4v) is 3.05. The van der Waals surface area contributed by atoms with Gasteiger partial charge in [0.15, 0.2) is 0 Å². The number of ketones is 1. The standard InChI is InChI=1S/C17H24O3/c1-13(12-19)6-4-8-15-9-10-16(20)17(15,3)14(2)7-5-11-18/h6,11-12,15H,2,4-5,7-10H2,1,3H3/b13-6+. The van der Waals surface area contributed by atoms with Gasteiger partial charge in [0, 0.05) is 18.3 Å². The fraction of sp³-hybridized carbons (Fsp3) is 0.588.